The first-order chi connectivity index (χ1) is 14.0. The van der Waals surface area contributed by atoms with Gasteiger partial charge in [0.2, 0.25) is 5.91 Å². The van der Waals surface area contributed by atoms with E-state index in [1.54, 1.807) is 29.2 Å². The molecule has 0 unspecified atom stereocenters. The number of hydrogen-bond acceptors (Lipinski definition) is 5. The number of primary amides is 1. The summed E-state index contributed by atoms with van der Waals surface area (Å²) < 4.78 is 5.00. The molecule has 0 radical (unpaired) electrons. The monoisotopic (exact) mass is 398 g/mol. The van der Waals surface area contributed by atoms with Crippen molar-refractivity contribution in [1.29, 1.82) is 5.26 Å². The summed E-state index contributed by atoms with van der Waals surface area (Å²) in [4.78, 5) is 26.2. The van der Waals surface area contributed by atoms with Crippen molar-refractivity contribution in [3.63, 3.8) is 0 Å². The standard InChI is InChI=1S/C22H30N4O3/c23-16-22(11-13-25-14-12-22)26(18-7-4-8-19(15-18)29-21(24)28)20(27)10-9-17-5-2-1-3-6-17/h4,7-8,15,17,25H,1-3,5-6,9-14H2,(H2,24,28). The van der Waals surface area contributed by atoms with Gasteiger partial charge in [-0.15, -0.1) is 0 Å². The third kappa shape index (κ3) is 5.27. The Labute approximate surface area is 172 Å². The lowest BCUT2D eigenvalue weighted by molar-refractivity contribution is -0.120. The second-order valence-electron chi connectivity index (χ2n) is 8.08. The molecule has 1 heterocycles. The fourth-order valence-corrected chi connectivity index (χ4v) is 4.57. The average molecular weight is 399 g/mol. The van der Waals surface area contributed by atoms with Gasteiger partial charge in [-0.05, 0) is 50.4 Å². The van der Waals surface area contributed by atoms with E-state index in [9.17, 15) is 14.9 Å². The lowest BCUT2D eigenvalue weighted by Crippen LogP contribution is -2.56. The largest absolute Gasteiger partial charge is 0.410 e. The van der Waals surface area contributed by atoms with Crippen LogP contribution in [0.2, 0.25) is 0 Å². The zero-order valence-corrected chi connectivity index (χ0v) is 16.9. The number of nitrogens with zero attached hydrogens (tertiary/aromatic N) is 2. The second kappa shape index (κ2) is 9.75. The first-order valence-corrected chi connectivity index (χ1v) is 10.6. The Bertz CT molecular complexity index is 762. The Balaban J connectivity index is 1.86. The Morgan fingerprint density at radius 1 is 1.24 bits per heavy atom. The number of piperidine rings is 1. The number of carbonyl (C=O) groups is 2. The maximum Gasteiger partial charge on any atom is 0.409 e. The molecule has 1 saturated carbocycles. The van der Waals surface area contributed by atoms with E-state index in [0.717, 1.165) is 6.42 Å². The minimum absolute atomic E-state index is 0.0461. The first kappa shape index (κ1) is 21.1. The molecule has 2 amide bonds. The van der Waals surface area contributed by atoms with Crippen molar-refractivity contribution in [1.82, 2.24) is 5.32 Å². The average Bonchev–Trinajstić information content (AvgIpc) is 2.74. The van der Waals surface area contributed by atoms with Gasteiger partial charge in [0, 0.05) is 18.2 Å². The van der Waals surface area contributed by atoms with Crippen LogP contribution in [-0.2, 0) is 4.79 Å². The molecule has 29 heavy (non-hydrogen) atoms. The highest BCUT2D eigenvalue weighted by atomic mass is 16.5. The van der Waals surface area contributed by atoms with Crippen molar-refractivity contribution in [3.05, 3.63) is 24.3 Å². The minimum Gasteiger partial charge on any atom is -0.410 e. The van der Waals surface area contributed by atoms with Gasteiger partial charge in [0.1, 0.15) is 11.3 Å². The van der Waals surface area contributed by atoms with E-state index in [4.69, 9.17) is 10.5 Å². The summed E-state index contributed by atoms with van der Waals surface area (Å²) in [7, 11) is 0. The van der Waals surface area contributed by atoms with Crippen molar-refractivity contribution in [2.45, 2.75) is 63.3 Å². The normalized spacial score (nSPS) is 19.1. The second-order valence-corrected chi connectivity index (χ2v) is 8.08. The maximum atomic E-state index is 13.4. The third-order valence-electron chi connectivity index (χ3n) is 6.10. The number of amides is 2. The molecule has 1 aliphatic heterocycles. The fraction of sp³-hybridized carbons (Fsp3) is 0.591. The van der Waals surface area contributed by atoms with E-state index in [0.29, 0.717) is 44.0 Å². The molecule has 3 N–H and O–H groups in total. The van der Waals surface area contributed by atoms with Crippen LogP contribution >= 0.6 is 0 Å². The molecule has 1 saturated heterocycles. The molecule has 0 aromatic heterocycles. The molecule has 0 bridgehead atoms. The summed E-state index contributed by atoms with van der Waals surface area (Å²) in [5.74, 6) is 0.808. The Morgan fingerprint density at radius 2 is 1.97 bits per heavy atom. The fourth-order valence-electron chi connectivity index (χ4n) is 4.57. The van der Waals surface area contributed by atoms with Crippen molar-refractivity contribution >= 4 is 17.7 Å². The van der Waals surface area contributed by atoms with Crippen LogP contribution in [0, 0.1) is 17.2 Å². The Hall–Kier alpha value is -2.59. The summed E-state index contributed by atoms with van der Waals surface area (Å²) in [5, 5.41) is 13.3. The van der Waals surface area contributed by atoms with Gasteiger partial charge in [0.05, 0.1) is 6.07 Å². The van der Waals surface area contributed by atoms with Gasteiger partial charge in [0.15, 0.2) is 0 Å². The van der Waals surface area contributed by atoms with Gasteiger partial charge in [-0.25, -0.2) is 4.79 Å². The van der Waals surface area contributed by atoms with E-state index in [1.807, 2.05) is 0 Å². The molecule has 0 atom stereocenters. The molecule has 1 aromatic carbocycles. The summed E-state index contributed by atoms with van der Waals surface area (Å²) in [5.41, 5.74) is 4.80. The van der Waals surface area contributed by atoms with Crippen molar-refractivity contribution in [2.75, 3.05) is 18.0 Å². The summed E-state index contributed by atoms with van der Waals surface area (Å²) in [6.07, 6.45) is 7.60. The molecule has 7 nitrogen and oxygen atoms in total. The number of carbonyl (C=O) groups excluding carboxylic acids is 2. The van der Waals surface area contributed by atoms with Gasteiger partial charge in [-0.2, -0.15) is 5.26 Å². The van der Waals surface area contributed by atoms with Crippen LogP contribution in [0.5, 0.6) is 5.75 Å². The molecule has 0 spiro atoms. The van der Waals surface area contributed by atoms with Gasteiger partial charge < -0.3 is 15.8 Å². The smallest absolute Gasteiger partial charge is 0.409 e. The van der Waals surface area contributed by atoms with Gasteiger partial charge in [-0.3, -0.25) is 9.69 Å². The summed E-state index contributed by atoms with van der Waals surface area (Å²) >= 11 is 0. The highest BCUT2D eigenvalue weighted by Gasteiger charge is 2.42. The molecule has 1 aromatic rings. The molecular formula is C22H30N4O3. The van der Waals surface area contributed by atoms with Crippen molar-refractivity contribution in [2.24, 2.45) is 11.7 Å². The molecule has 2 fully saturated rings. The van der Waals surface area contributed by atoms with Crippen LogP contribution in [-0.4, -0.2) is 30.6 Å². The number of nitriles is 1. The SMILES string of the molecule is N#CC1(N(C(=O)CCC2CCCCC2)c2cccc(OC(N)=O)c2)CCNCC1. The Morgan fingerprint density at radius 3 is 2.62 bits per heavy atom. The number of hydrogen-bond donors (Lipinski definition) is 2. The van der Waals surface area contributed by atoms with Crippen LogP contribution in [0.25, 0.3) is 0 Å². The highest BCUT2D eigenvalue weighted by molar-refractivity contribution is 5.96. The number of benzene rings is 1. The predicted molar refractivity (Wildman–Crippen MR) is 110 cm³/mol. The van der Waals surface area contributed by atoms with E-state index >= 15 is 0 Å². The topological polar surface area (TPSA) is 108 Å². The predicted octanol–water partition coefficient (Wildman–Crippen LogP) is 3.48. The summed E-state index contributed by atoms with van der Waals surface area (Å²) in [6.45, 7) is 1.36. The van der Waals surface area contributed by atoms with E-state index in [2.05, 4.69) is 11.4 Å². The van der Waals surface area contributed by atoms with Crippen molar-refractivity contribution in [3.8, 4) is 11.8 Å². The third-order valence-corrected chi connectivity index (χ3v) is 6.10. The van der Waals surface area contributed by atoms with Gasteiger partial charge in [-0.1, -0.05) is 38.2 Å². The summed E-state index contributed by atoms with van der Waals surface area (Å²) in [6, 6.07) is 9.15. The first-order valence-electron chi connectivity index (χ1n) is 10.6. The number of nitrogens with one attached hydrogen (secondary N) is 1. The number of ether oxygens (including phenoxy) is 1. The van der Waals surface area contributed by atoms with Crippen LogP contribution in [0.1, 0.15) is 57.8 Å². The number of rotatable bonds is 6. The molecule has 1 aliphatic carbocycles. The molecule has 3 rings (SSSR count). The van der Waals surface area contributed by atoms with Gasteiger partial charge >= 0.3 is 6.09 Å². The quantitative estimate of drug-likeness (QED) is 0.762. The lowest BCUT2D eigenvalue weighted by Gasteiger charge is -2.42. The highest BCUT2D eigenvalue weighted by Crippen LogP contribution is 2.35. The zero-order valence-electron chi connectivity index (χ0n) is 16.9. The van der Waals surface area contributed by atoms with Crippen LogP contribution in [0.4, 0.5) is 10.5 Å². The maximum absolute atomic E-state index is 13.4. The number of anilines is 1. The van der Waals surface area contributed by atoms with E-state index in [-0.39, 0.29) is 11.7 Å². The zero-order chi connectivity index (χ0) is 20.7. The van der Waals surface area contributed by atoms with Crippen LogP contribution < -0.4 is 20.7 Å². The molecule has 2 aliphatic rings. The van der Waals surface area contributed by atoms with Crippen LogP contribution in [0.15, 0.2) is 24.3 Å². The minimum atomic E-state index is -0.908. The Kier molecular flexibility index (Phi) is 7.10. The molecule has 7 heteroatoms. The lowest BCUT2D eigenvalue weighted by atomic mass is 9.84. The van der Waals surface area contributed by atoms with E-state index < -0.39 is 11.6 Å². The van der Waals surface area contributed by atoms with E-state index in [1.165, 1.54) is 32.1 Å². The number of nitrogens with two attached hydrogens (primary N) is 1. The molecule has 156 valence electrons. The van der Waals surface area contributed by atoms with Crippen molar-refractivity contribution < 1.29 is 14.3 Å². The molecular weight excluding hydrogens is 368 g/mol. The van der Waals surface area contributed by atoms with Gasteiger partial charge in [0.25, 0.3) is 0 Å². The van der Waals surface area contributed by atoms with Crippen LogP contribution in [0.3, 0.4) is 0 Å².